The topological polar surface area (TPSA) is 38.7 Å². The van der Waals surface area contributed by atoms with Crippen molar-refractivity contribution in [2.75, 3.05) is 4.43 Å². The Balaban J connectivity index is 4.17. The fourth-order valence-corrected chi connectivity index (χ4v) is 10.5. The summed E-state index contributed by atoms with van der Waals surface area (Å²) in [5, 5.41) is 0. The summed E-state index contributed by atoms with van der Waals surface area (Å²) in [6, 6.07) is 0.728. The summed E-state index contributed by atoms with van der Waals surface area (Å²) in [6.45, 7) is 8.31. The summed E-state index contributed by atoms with van der Waals surface area (Å²) < 4.78 is 12.4. The van der Waals surface area contributed by atoms with E-state index in [0.29, 0.717) is 0 Å². The zero-order valence-electron chi connectivity index (χ0n) is 9.42. The van der Waals surface area contributed by atoms with Gasteiger partial charge in [0, 0.05) is 6.04 Å². The van der Waals surface area contributed by atoms with Crippen LogP contribution in [0, 0.1) is 0 Å². The summed E-state index contributed by atoms with van der Waals surface area (Å²) in [7, 11) is -5.16. The molecule has 0 fully saturated rings. The average Bonchev–Trinajstić information content (AvgIpc) is 1.97. The van der Waals surface area contributed by atoms with Crippen LogP contribution in [0.3, 0.4) is 0 Å². The fraction of sp³-hybridized carbons (Fsp3) is 1.00. The van der Waals surface area contributed by atoms with E-state index in [0.717, 1.165) is 16.9 Å². The van der Waals surface area contributed by atoms with Gasteiger partial charge in [-0.15, -0.1) is 0 Å². The van der Waals surface area contributed by atoms with Gasteiger partial charge in [-0.2, -0.15) is 0 Å². The van der Waals surface area contributed by atoms with Gasteiger partial charge in [-0.05, 0) is 37.0 Å². The highest BCUT2D eigenvalue weighted by Crippen LogP contribution is 2.16. The third-order valence-corrected chi connectivity index (χ3v) is 9.93. The number of hydrogen-bond donors (Lipinski definition) is 1. The lowest BCUT2D eigenvalue weighted by molar-refractivity contribution is 0.254. The van der Waals surface area contributed by atoms with E-state index in [1.807, 2.05) is 0 Å². The molecule has 0 aliphatic rings. The lowest BCUT2D eigenvalue weighted by atomic mass is 10.6. The molecule has 86 valence electrons. The maximum absolute atomic E-state index is 10.2. The molecule has 0 saturated heterocycles. The van der Waals surface area contributed by atoms with Crippen molar-refractivity contribution in [3.05, 3.63) is 0 Å². The van der Waals surface area contributed by atoms with Crippen molar-refractivity contribution in [3.8, 4) is 0 Å². The van der Waals surface area contributed by atoms with Gasteiger partial charge in [0.2, 0.25) is 0 Å². The van der Waals surface area contributed by atoms with Crippen molar-refractivity contribution in [1.82, 2.24) is 0 Å². The highest BCUT2D eigenvalue weighted by molar-refractivity contribution is 14.1. The summed E-state index contributed by atoms with van der Waals surface area (Å²) in [6.07, 6.45) is 0.992. The first kappa shape index (κ1) is 15.3. The first-order valence-electron chi connectivity index (χ1n) is 5.03. The molecule has 0 rings (SSSR count). The normalized spacial score (nSPS) is 12.9. The zero-order valence-corrected chi connectivity index (χ0v) is 14.9. The molecule has 0 spiro atoms. The molecule has 0 bridgehead atoms. The second-order valence-corrected chi connectivity index (χ2v) is 12.9. The molecule has 0 aromatic rings. The summed E-state index contributed by atoms with van der Waals surface area (Å²) in [5.74, 6) is 0. The number of hydrogen-bond acceptors (Lipinski definition) is 3. The number of alkyl halides is 1. The summed E-state index contributed by atoms with van der Waals surface area (Å²) >= 11 is 2.32. The van der Waals surface area contributed by atoms with E-state index in [4.69, 9.17) is 8.23 Å². The van der Waals surface area contributed by atoms with Crippen molar-refractivity contribution < 1.29 is 13.0 Å². The van der Waals surface area contributed by atoms with Crippen molar-refractivity contribution in [2.45, 2.75) is 38.7 Å². The second-order valence-electron chi connectivity index (χ2n) is 3.84. The van der Waals surface area contributed by atoms with Gasteiger partial charge in [-0.1, -0.05) is 22.6 Å². The molecule has 1 N–H and O–H groups in total. The quantitative estimate of drug-likeness (QED) is 0.425. The van der Waals surface area contributed by atoms with E-state index in [2.05, 4.69) is 48.8 Å². The van der Waals surface area contributed by atoms with Crippen LogP contribution in [-0.4, -0.2) is 36.1 Å². The lowest BCUT2D eigenvalue weighted by Crippen LogP contribution is -2.48. The molecule has 0 saturated carbocycles. The molecule has 14 heavy (non-hydrogen) atoms. The Bertz CT molecular complexity index is 147. The standard InChI is InChI=1S/C7H21IO3Si3/c1-12(2)10-14(9,7-5-6-8)11-13(3)4/h9,12-13H,5-7H2,1-4H3. The van der Waals surface area contributed by atoms with E-state index in [1.165, 1.54) is 0 Å². The predicted molar refractivity (Wildman–Crippen MR) is 76.2 cm³/mol. The molecule has 0 radical (unpaired) electrons. The monoisotopic (exact) mass is 364 g/mol. The van der Waals surface area contributed by atoms with E-state index in [9.17, 15) is 4.80 Å². The van der Waals surface area contributed by atoms with Gasteiger partial charge in [-0.3, -0.25) is 0 Å². The van der Waals surface area contributed by atoms with Crippen LogP contribution in [0.25, 0.3) is 0 Å². The van der Waals surface area contributed by atoms with Gasteiger partial charge in [0.05, 0.1) is 0 Å². The molecule has 0 aromatic carbocycles. The summed E-state index contributed by atoms with van der Waals surface area (Å²) in [5.41, 5.74) is 0. The number of halogens is 1. The third kappa shape index (κ3) is 7.54. The predicted octanol–water partition coefficient (Wildman–Crippen LogP) is 1.74. The molecule has 0 unspecified atom stereocenters. The van der Waals surface area contributed by atoms with E-state index >= 15 is 0 Å². The first-order chi connectivity index (χ1) is 6.39. The largest absolute Gasteiger partial charge is 0.476 e. The minimum absolute atomic E-state index is 0.728. The molecular weight excluding hydrogens is 343 g/mol. The van der Waals surface area contributed by atoms with Crippen LogP contribution < -0.4 is 0 Å². The van der Waals surface area contributed by atoms with Gasteiger partial charge in [0.15, 0.2) is 18.1 Å². The Morgan fingerprint density at radius 3 is 1.86 bits per heavy atom. The van der Waals surface area contributed by atoms with Gasteiger partial charge >= 0.3 is 8.80 Å². The third-order valence-electron chi connectivity index (χ3n) is 1.47. The maximum atomic E-state index is 10.2. The van der Waals surface area contributed by atoms with E-state index in [-0.39, 0.29) is 0 Å². The van der Waals surface area contributed by atoms with Crippen LogP contribution in [-0.2, 0) is 8.23 Å². The molecule has 3 nitrogen and oxygen atoms in total. The van der Waals surface area contributed by atoms with Crippen molar-refractivity contribution >= 4 is 49.5 Å². The lowest BCUT2D eigenvalue weighted by Gasteiger charge is -2.28. The van der Waals surface area contributed by atoms with Crippen LogP contribution >= 0.6 is 22.6 Å². The molecule has 0 aromatic heterocycles. The number of rotatable bonds is 7. The summed E-state index contributed by atoms with van der Waals surface area (Å²) in [4.78, 5) is 10.2. The smallest absolute Gasteiger partial charge is 0.419 e. The highest BCUT2D eigenvalue weighted by atomic mass is 127. The van der Waals surface area contributed by atoms with E-state index in [1.54, 1.807) is 0 Å². The Hall–Kier alpha value is 1.26. The van der Waals surface area contributed by atoms with Gasteiger partial charge in [0.25, 0.3) is 0 Å². The minimum atomic E-state index is -2.78. The van der Waals surface area contributed by atoms with Gasteiger partial charge in [-0.25, -0.2) is 0 Å². The van der Waals surface area contributed by atoms with Crippen LogP contribution in [0.4, 0.5) is 0 Å². The molecule has 0 heterocycles. The second kappa shape index (κ2) is 7.52. The van der Waals surface area contributed by atoms with Gasteiger partial charge < -0.3 is 13.0 Å². The average molecular weight is 364 g/mol. The Kier molecular flexibility index (Phi) is 8.20. The van der Waals surface area contributed by atoms with E-state index < -0.39 is 26.9 Å². The molecule has 0 atom stereocenters. The fourth-order valence-electron chi connectivity index (χ4n) is 1.17. The van der Waals surface area contributed by atoms with Crippen LogP contribution in [0.2, 0.25) is 32.2 Å². The highest BCUT2D eigenvalue weighted by Gasteiger charge is 2.37. The zero-order chi connectivity index (χ0) is 11.2. The van der Waals surface area contributed by atoms with Gasteiger partial charge in [0.1, 0.15) is 0 Å². The van der Waals surface area contributed by atoms with Crippen molar-refractivity contribution in [1.29, 1.82) is 0 Å². The first-order valence-corrected chi connectivity index (χ1v) is 14.1. The Morgan fingerprint density at radius 2 is 1.57 bits per heavy atom. The van der Waals surface area contributed by atoms with Crippen molar-refractivity contribution in [2.24, 2.45) is 0 Å². The minimum Gasteiger partial charge on any atom is -0.419 e. The Labute approximate surface area is 105 Å². The molecule has 0 amide bonds. The van der Waals surface area contributed by atoms with Crippen molar-refractivity contribution in [3.63, 3.8) is 0 Å². The van der Waals surface area contributed by atoms with Crippen LogP contribution in [0.5, 0.6) is 0 Å². The van der Waals surface area contributed by atoms with Crippen LogP contribution in [0.1, 0.15) is 6.42 Å². The molecule has 7 heteroatoms. The molecule has 0 aliphatic heterocycles. The van der Waals surface area contributed by atoms with Crippen LogP contribution in [0.15, 0.2) is 0 Å². The Morgan fingerprint density at radius 1 is 1.14 bits per heavy atom. The SMILES string of the molecule is C[SiH](C)O[Si](O)(CCCI)O[SiH](C)C. The molecule has 0 aliphatic carbocycles. The molecular formula is C7H21IO3Si3. The maximum Gasteiger partial charge on any atom is 0.476 e.